The minimum atomic E-state index is -0.308. The van der Waals surface area contributed by atoms with Crippen LogP contribution in [0.3, 0.4) is 0 Å². The lowest BCUT2D eigenvalue weighted by atomic mass is 10.1. The zero-order valence-electron chi connectivity index (χ0n) is 14.9. The van der Waals surface area contributed by atoms with Crippen LogP contribution in [0.2, 0.25) is 0 Å². The third-order valence-electron chi connectivity index (χ3n) is 3.71. The van der Waals surface area contributed by atoms with Crippen LogP contribution in [-0.2, 0) is 0 Å². The molecule has 1 aromatic heterocycles. The fourth-order valence-electron chi connectivity index (χ4n) is 2.35. The van der Waals surface area contributed by atoms with Crippen LogP contribution < -0.4 is 10.6 Å². The molecule has 1 heterocycles. The van der Waals surface area contributed by atoms with Crippen LogP contribution in [0.1, 0.15) is 59.8 Å². The van der Waals surface area contributed by atoms with E-state index in [9.17, 15) is 9.59 Å². The Bertz CT molecular complexity index is 742. The number of Topliss-reactive ketones (excluding diaryl/α,β-unsaturated/α-hetero) is 1. The molecule has 25 heavy (non-hydrogen) atoms. The highest BCUT2D eigenvalue weighted by Crippen LogP contribution is 2.13. The summed E-state index contributed by atoms with van der Waals surface area (Å²) in [6, 6.07) is 8.42. The highest BCUT2D eigenvalue weighted by molar-refractivity contribution is 6.03. The number of ketones is 1. The molecule has 1 amide bonds. The van der Waals surface area contributed by atoms with Gasteiger partial charge in [-0.3, -0.25) is 9.59 Å². The highest BCUT2D eigenvalue weighted by atomic mass is 16.2. The van der Waals surface area contributed by atoms with Crippen LogP contribution >= 0.6 is 0 Å². The van der Waals surface area contributed by atoms with Crippen molar-refractivity contribution in [3.63, 3.8) is 0 Å². The van der Waals surface area contributed by atoms with Gasteiger partial charge in [0, 0.05) is 23.9 Å². The van der Waals surface area contributed by atoms with Crippen molar-refractivity contribution in [3.8, 4) is 0 Å². The van der Waals surface area contributed by atoms with Gasteiger partial charge in [-0.1, -0.05) is 19.8 Å². The van der Waals surface area contributed by atoms with Crippen LogP contribution in [0.4, 0.5) is 11.5 Å². The predicted octanol–water partition coefficient (Wildman–Crippen LogP) is 3.84. The lowest BCUT2D eigenvalue weighted by Gasteiger charge is -2.09. The van der Waals surface area contributed by atoms with E-state index < -0.39 is 0 Å². The molecule has 1 aromatic carbocycles. The number of amides is 1. The van der Waals surface area contributed by atoms with Gasteiger partial charge in [0.05, 0.1) is 0 Å². The number of carbonyl (C=O) groups excluding carboxylic acids is 2. The minimum absolute atomic E-state index is 0.0110. The average molecular weight is 340 g/mol. The van der Waals surface area contributed by atoms with E-state index in [1.807, 2.05) is 0 Å². The molecule has 0 aliphatic heterocycles. The molecule has 0 aliphatic rings. The number of aryl methyl sites for hydroxylation is 1. The van der Waals surface area contributed by atoms with E-state index in [0.29, 0.717) is 28.6 Å². The van der Waals surface area contributed by atoms with Gasteiger partial charge in [0.1, 0.15) is 17.3 Å². The molecular weight excluding hydrogens is 316 g/mol. The maximum Gasteiger partial charge on any atom is 0.274 e. The molecule has 132 valence electrons. The lowest BCUT2D eigenvalue weighted by molar-refractivity contribution is 0.101. The molecule has 0 aliphatic carbocycles. The summed E-state index contributed by atoms with van der Waals surface area (Å²) in [4.78, 5) is 32.2. The zero-order valence-corrected chi connectivity index (χ0v) is 14.9. The van der Waals surface area contributed by atoms with Gasteiger partial charge in [-0.05, 0) is 44.5 Å². The Morgan fingerprint density at radius 2 is 1.80 bits per heavy atom. The van der Waals surface area contributed by atoms with Crippen molar-refractivity contribution in [2.45, 2.75) is 40.0 Å². The normalized spacial score (nSPS) is 10.4. The number of benzene rings is 1. The number of nitrogens with one attached hydrogen (secondary N) is 2. The number of aromatic nitrogens is 2. The van der Waals surface area contributed by atoms with Crippen molar-refractivity contribution in [3.05, 3.63) is 47.4 Å². The van der Waals surface area contributed by atoms with Crippen molar-refractivity contribution < 1.29 is 9.59 Å². The van der Waals surface area contributed by atoms with Crippen molar-refractivity contribution in [2.75, 3.05) is 17.2 Å². The Balaban J connectivity index is 2.05. The van der Waals surface area contributed by atoms with Gasteiger partial charge in [-0.2, -0.15) is 0 Å². The largest absolute Gasteiger partial charge is 0.370 e. The molecule has 0 saturated carbocycles. The van der Waals surface area contributed by atoms with Crippen molar-refractivity contribution in [1.29, 1.82) is 0 Å². The van der Waals surface area contributed by atoms with E-state index >= 15 is 0 Å². The Kier molecular flexibility index (Phi) is 6.62. The molecule has 0 atom stereocenters. The number of unbranched alkanes of at least 4 members (excludes halogenated alkanes) is 2. The Hall–Kier alpha value is -2.76. The Morgan fingerprint density at radius 1 is 1.08 bits per heavy atom. The molecule has 0 unspecified atom stereocenters. The highest BCUT2D eigenvalue weighted by Gasteiger charge is 2.11. The van der Waals surface area contributed by atoms with Gasteiger partial charge in [0.15, 0.2) is 5.78 Å². The maximum absolute atomic E-state index is 12.4. The quantitative estimate of drug-likeness (QED) is 0.563. The molecule has 2 aromatic rings. The minimum Gasteiger partial charge on any atom is -0.370 e. The van der Waals surface area contributed by atoms with Gasteiger partial charge < -0.3 is 10.6 Å². The van der Waals surface area contributed by atoms with E-state index in [4.69, 9.17) is 0 Å². The summed E-state index contributed by atoms with van der Waals surface area (Å²) in [5, 5.41) is 6.02. The Morgan fingerprint density at radius 3 is 2.44 bits per heavy atom. The number of rotatable bonds is 8. The van der Waals surface area contributed by atoms with Crippen LogP contribution in [0.25, 0.3) is 0 Å². The van der Waals surface area contributed by atoms with E-state index in [0.717, 1.165) is 25.8 Å². The molecule has 0 saturated heterocycles. The molecule has 0 radical (unpaired) electrons. The molecule has 0 spiro atoms. The summed E-state index contributed by atoms with van der Waals surface area (Å²) in [6.45, 7) is 6.24. The first-order valence-corrected chi connectivity index (χ1v) is 8.51. The van der Waals surface area contributed by atoms with Gasteiger partial charge in [0.2, 0.25) is 0 Å². The number of hydrogen-bond acceptors (Lipinski definition) is 5. The SMILES string of the molecule is CCCCCNc1cc(C(=O)Nc2ccc(C(C)=O)cc2)nc(C)n1. The van der Waals surface area contributed by atoms with E-state index in [2.05, 4.69) is 27.5 Å². The first kappa shape index (κ1) is 18.6. The second-order valence-corrected chi connectivity index (χ2v) is 5.91. The van der Waals surface area contributed by atoms with Crippen molar-refractivity contribution in [2.24, 2.45) is 0 Å². The molecule has 2 rings (SSSR count). The monoisotopic (exact) mass is 340 g/mol. The average Bonchev–Trinajstić information content (AvgIpc) is 2.58. The van der Waals surface area contributed by atoms with E-state index in [1.54, 1.807) is 37.3 Å². The topological polar surface area (TPSA) is 84.0 Å². The molecule has 0 fully saturated rings. The molecule has 6 nitrogen and oxygen atoms in total. The summed E-state index contributed by atoms with van der Waals surface area (Å²) >= 11 is 0. The first-order chi connectivity index (χ1) is 12.0. The smallest absolute Gasteiger partial charge is 0.274 e. The fourth-order valence-corrected chi connectivity index (χ4v) is 2.35. The number of nitrogens with zero attached hydrogens (tertiary/aromatic N) is 2. The fraction of sp³-hybridized carbons (Fsp3) is 0.368. The first-order valence-electron chi connectivity index (χ1n) is 8.51. The number of hydrogen-bond donors (Lipinski definition) is 2. The van der Waals surface area contributed by atoms with Gasteiger partial charge in [-0.15, -0.1) is 0 Å². The van der Waals surface area contributed by atoms with Crippen LogP contribution in [0.15, 0.2) is 30.3 Å². The Labute approximate surface area is 148 Å². The van der Waals surface area contributed by atoms with Gasteiger partial charge in [-0.25, -0.2) is 9.97 Å². The molecule has 2 N–H and O–H groups in total. The van der Waals surface area contributed by atoms with Gasteiger partial charge in [0.25, 0.3) is 5.91 Å². The lowest BCUT2D eigenvalue weighted by Crippen LogP contribution is -2.16. The maximum atomic E-state index is 12.4. The summed E-state index contributed by atoms with van der Waals surface area (Å²) < 4.78 is 0. The summed E-state index contributed by atoms with van der Waals surface area (Å²) in [5.74, 6) is 0.874. The van der Waals surface area contributed by atoms with E-state index in [-0.39, 0.29) is 11.7 Å². The summed E-state index contributed by atoms with van der Waals surface area (Å²) in [5.41, 5.74) is 1.53. The molecule has 6 heteroatoms. The van der Waals surface area contributed by atoms with Crippen LogP contribution in [0.5, 0.6) is 0 Å². The summed E-state index contributed by atoms with van der Waals surface area (Å²) in [6.07, 6.45) is 3.37. The number of anilines is 2. The van der Waals surface area contributed by atoms with E-state index in [1.165, 1.54) is 6.92 Å². The second-order valence-electron chi connectivity index (χ2n) is 5.91. The molecular formula is C19H24N4O2. The summed E-state index contributed by atoms with van der Waals surface area (Å²) in [7, 11) is 0. The predicted molar refractivity (Wildman–Crippen MR) is 99.2 cm³/mol. The van der Waals surface area contributed by atoms with Crippen molar-refractivity contribution >= 4 is 23.2 Å². The number of carbonyl (C=O) groups is 2. The van der Waals surface area contributed by atoms with Crippen LogP contribution in [0, 0.1) is 6.92 Å². The van der Waals surface area contributed by atoms with Crippen LogP contribution in [-0.4, -0.2) is 28.2 Å². The third kappa shape index (κ3) is 5.67. The van der Waals surface area contributed by atoms with Crippen molar-refractivity contribution in [1.82, 2.24) is 9.97 Å². The van der Waals surface area contributed by atoms with Gasteiger partial charge >= 0.3 is 0 Å². The zero-order chi connectivity index (χ0) is 18.2. The third-order valence-corrected chi connectivity index (χ3v) is 3.71. The molecule has 0 bridgehead atoms. The standard InChI is InChI=1S/C19H24N4O2/c1-4-5-6-11-20-18-12-17(21-14(3)22-18)19(25)23-16-9-7-15(8-10-16)13(2)24/h7-10,12H,4-6,11H2,1-3H3,(H,23,25)(H,20,21,22). The second kappa shape index (κ2) is 8.92.